The predicted octanol–water partition coefficient (Wildman–Crippen LogP) is 0.595. The van der Waals surface area contributed by atoms with Gasteiger partial charge in [0.2, 0.25) is 0 Å². The van der Waals surface area contributed by atoms with Crippen LogP contribution in [0.2, 0.25) is 0 Å². The highest BCUT2D eigenvalue weighted by atomic mass is 16.4. The highest BCUT2D eigenvalue weighted by Gasteiger charge is 2.31. The molecule has 1 heterocycles. The molecule has 3 N–H and O–H groups in total. The van der Waals surface area contributed by atoms with Crippen LogP contribution in [0.3, 0.4) is 0 Å². The van der Waals surface area contributed by atoms with Crippen LogP contribution >= 0.6 is 0 Å². The molecular formula is C13H27N3O2. The summed E-state index contributed by atoms with van der Waals surface area (Å²) in [5, 5.41) is 8.98. The quantitative estimate of drug-likeness (QED) is 0.699. The zero-order chi connectivity index (χ0) is 13.8. The average molecular weight is 257 g/mol. The number of aliphatic carboxylic acids is 1. The van der Waals surface area contributed by atoms with Crippen molar-refractivity contribution in [2.24, 2.45) is 5.73 Å². The third kappa shape index (κ3) is 3.93. The van der Waals surface area contributed by atoms with Crippen molar-refractivity contribution in [2.75, 3.05) is 32.7 Å². The minimum Gasteiger partial charge on any atom is -0.480 e. The number of carbonyl (C=O) groups is 1. The lowest BCUT2D eigenvalue weighted by atomic mass is 9.99. The lowest BCUT2D eigenvalue weighted by Gasteiger charge is -2.27. The fourth-order valence-electron chi connectivity index (χ4n) is 2.55. The first-order chi connectivity index (χ1) is 8.40. The van der Waals surface area contributed by atoms with Gasteiger partial charge in [-0.1, -0.05) is 13.8 Å². The van der Waals surface area contributed by atoms with E-state index < -0.39 is 11.5 Å². The van der Waals surface area contributed by atoms with Crippen molar-refractivity contribution in [3.63, 3.8) is 0 Å². The van der Waals surface area contributed by atoms with Gasteiger partial charge < -0.3 is 15.7 Å². The monoisotopic (exact) mass is 257 g/mol. The van der Waals surface area contributed by atoms with Gasteiger partial charge in [-0.3, -0.25) is 9.69 Å². The van der Waals surface area contributed by atoms with Crippen molar-refractivity contribution >= 4 is 5.97 Å². The van der Waals surface area contributed by atoms with Crippen LogP contribution in [0.15, 0.2) is 0 Å². The van der Waals surface area contributed by atoms with E-state index >= 15 is 0 Å². The summed E-state index contributed by atoms with van der Waals surface area (Å²) in [6.45, 7) is 11.0. The summed E-state index contributed by atoms with van der Waals surface area (Å²) in [5.41, 5.74) is 4.64. The van der Waals surface area contributed by atoms with Crippen LogP contribution in [-0.2, 0) is 4.79 Å². The van der Waals surface area contributed by atoms with Gasteiger partial charge in [-0.05, 0) is 39.4 Å². The molecule has 0 aromatic rings. The zero-order valence-electron chi connectivity index (χ0n) is 11.9. The summed E-state index contributed by atoms with van der Waals surface area (Å²) in [6, 6.07) is 0.619. The van der Waals surface area contributed by atoms with Crippen molar-refractivity contribution < 1.29 is 9.90 Å². The lowest BCUT2D eigenvalue weighted by molar-refractivity contribution is -0.143. The van der Waals surface area contributed by atoms with Crippen molar-refractivity contribution in [3.05, 3.63) is 0 Å². The van der Waals surface area contributed by atoms with Gasteiger partial charge in [-0.15, -0.1) is 0 Å². The Hall–Kier alpha value is -0.650. The van der Waals surface area contributed by atoms with Crippen LogP contribution in [0, 0.1) is 0 Å². The van der Waals surface area contributed by atoms with Gasteiger partial charge in [0.1, 0.15) is 5.54 Å². The van der Waals surface area contributed by atoms with E-state index in [-0.39, 0.29) is 0 Å². The Balaban J connectivity index is 2.37. The molecule has 0 radical (unpaired) electrons. The minimum atomic E-state index is -1.10. The van der Waals surface area contributed by atoms with Crippen LogP contribution in [0.1, 0.15) is 33.6 Å². The number of likely N-dealkylation sites (N-methyl/N-ethyl adjacent to an activating group) is 1. The topological polar surface area (TPSA) is 69.8 Å². The number of carboxylic acid groups (broad SMARTS) is 1. The molecule has 0 aromatic carbocycles. The molecule has 0 saturated carbocycles. The first-order valence-corrected chi connectivity index (χ1v) is 6.89. The Labute approximate surface area is 110 Å². The standard InChI is InChI=1S/C13H27N3O2/c1-4-16(5-2)11-6-8-15(10-11)9-7-13(3,14)12(17)18/h11H,4-10,14H2,1-3H3,(H,17,18). The van der Waals surface area contributed by atoms with Crippen molar-refractivity contribution in [3.8, 4) is 0 Å². The third-order valence-corrected chi connectivity index (χ3v) is 4.01. The molecule has 5 heteroatoms. The van der Waals surface area contributed by atoms with Gasteiger partial charge >= 0.3 is 5.97 Å². The Kier molecular flexibility index (Phi) is 5.56. The number of rotatable bonds is 7. The molecule has 2 atom stereocenters. The zero-order valence-corrected chi connectivity index (χ0v) is 11.9. The molecule has 5 nitrogen and oxygen atoms in total. The Bertz CT molecular complexity index is 277. The lowest BCUT2D eigenvalue weighted by Crippen LogP contribution is -2.47. The van der Waals surface area contributed by atoms with Crippen molar-refractivity contribution in [1.29, 1.82) is 0 Å². The van der Waals surface area contributed by atoms with Crippen LogP contribution in [0.5, 0.6) is 0 Å². The fourth-order valence-corrected chi connectivity index (χ4v) is 2.55. The van der Waals surface area contributed by atoms with E-state index in [4.69, 9.17) is 10.8 Å². The Morgan fingerprint density at radius 1 is 1.50 bits per heavy atom. The van der Waals surface area contributed by atoms with Crippen molar-refractivity contribution in [2.45, 2.75) is 45.2 Å². The van der Waals surface area contributed by atoms with Gasteiger partial charge in [0, 0.05) is 19.1 Å². The van der Waals surface area contributed by atoms with Gasteiger partial charge in [0.25, 0.3) is 0 Å². The van der Waals surface area contributed by atoms with Crippen molar-refractivity contribution in [1.82, 2.24) is 9.80 Å². The van der Waals surface area contributed by atoms with E-state index in [0.29, 0.717) is 12.5 Å². The number of hydrogen-bond donors (Lipinski definition) is 2. The molecule has 1 rings (SSSR count). The fraction of sp³-hybridized carbons (Fsp3) is 0.923. The Morgan fingerprint density at radius 3 is 2.61 bits per heavy atom. The summed E-state index contributed by atoms with van der Waals surface area (Å²) in [5.74, 6) is -0.915. The molecule has 1 aliphatic rings. The third-order valence-electron chi connectivity index (χ3n) is 4.01. The van der Waals surface area contributed by atoms with E-state index in [2.05, 4.69) is 23.6 Å². The predicted molar refractivity (Wildman–Crippen MR) is 72.6 cm³/mol. The summed E-state index contributed by atoms with van der Waals surface area (Å²) < 4.78 is 0. The summed E-state index contributed by atoms with van der Waals surface area (Å²) in [7, 11) is 0. The van der Waals surface area contributed by atoms with Gasteiger partial charge in [-0.2, -0.15) is 0 Å². The summed E-state index contributed by atoms with van der Waals surface area (Å²) >= 11 is 0. The van der Waals surface area contributed by atoms with Gasteiger partial charge in [-0.25, -0.2) is 0 Å². The molecule has 1 saturated heterocycles. The maximum absolute atomic E-state index is 10.9. The molecule has 0 aromatic heterocycles. The Morgan fingerprint density at radius 2 is 2.11 bits per heavy atom. The van der Waals surface area contributed by atoms with Gasteiger partial charge in [0.05, 0.1) is 0 Å². The number of hydrogen-bond acceptors (Lipinski definition) is 4. The highest BCUT2D eigenvalue weighted by Crippen LogP contribution is 2.17. The van der Waals surface area contributed by atoms with Gasteiger partial charge in [0.15, 0.2) is 0 Å². The second-order valence-electron chi connectivity index (χ2n) is 5.44. The maximum atomic E-state index is 10.9. The molecular weight excluding hydrogens is 230 g/mol. The minimum absolute atomic E-state index is 0.507. The SMILES string of the molecule is CCN(CC)C1CCN(CCC(C)(N)C(=O)O)C1. The molecule has 18 heavy (non-hydrogen) atoms. The normalized spacial score (nSPS) is 24.4. The molecule has 0 bridgehead atoms. The number of carboxylic acids is 1. The molecule has 0 aliphatic carbocycles. The van der Waals surface area contributed by atoms with Crippen LogP contribution in [0.25, 0.3) is 0 Å². The smallest absolute Gasteiger partial charge is 0.323 e. The number of likely N-dealkylation sites (tertiary alicyclic amines) is 1. The molecule has 0 amide bonds. The second kappa shape index (κ2) is 6.50. The maximum Gasteiger partial charge on any atom is 0.323 e. The average Bonchev–Trinajstić information content (AvgIpc) is 2.77. The molecule has 1 aliphatic heterocycles. The van der Waals surface area contributed by atoms with E-state index in [9.17, 15) is 4.79 Å². The first kappa shape index (κ1) is 15.4. The number of nitrogens with two attached hydrogens (primary N) is 1. The van der Waals surface area contributed by atoms with E-state index in [1.807, 2.05) is 0 Å². The van der Waals surface area contributed by atoms with E-state index in [1.165, 1.54) is 6.42 Å². The molecule has 2 unspecified atom stereocenters. The molecule has 1 fully saturated rings. The summed E-state index contributed by atoms with van der Waals surface area (Å²) in [6.07, 6.45) is 1.68. The van der Waals surface area contributed by atoms with E-state index in [1.54, 1.807) is 6.92 Å². The second-order valence-corrected chi connectivity index (χ2v) is 5.44. The van der Waals surface area contributed by atoms with Crippen LogP contribution in [-0.4, -0.2) is 65.2 Å². The molecule has 0 spiro atoms. The number of nitrogens with zero attached hydrogens (tertiary/aromatic N) is 2. The molecule has 106 valence electrons. The van der Waals surface area contributed by atoms with Crippen LogP contribution < -0.4 is 5.73 Å². The highest BCUT2D eigenvalue weighted by molar-refractivity contribution is 5.77. The summed E-state index contributed by atoms with van der Waals surface area (Å²) in [4.78, 5) is 15.7. The largest absolute Gasteiger partial charge is 0.480 e. The first-order valence-electron chi connectivity index (χ1n) is 6.89. The van der Waals surface area contributed by atoms with E-state index in [0.717, 1.165) is 32.7 Å². The van der Waals surface area contributed by atoms with Crippen LogP contribution in [0.4, 0.5) is 0 Å².